The van der Waals surface area contributed by atoms with Gasteiger partial charge in [0.2, 0.25) is 0 Å². The van der Waals surface area contributed by atoms with E-state index in [1.54, 1.807) is 24.3 Å². The second-order valence-electron chi connectivity index (χ2n) is 9.50. The van der Waals surface area contributed by atoms with Crippen molar-refractivity contribution in [1.82, 2.24) is 5.32 Å². The Morgan fingerprint density at radius 2 is 1.51 bits per heavy atom. The van der Waals surface area contributed by atoms with Crippen molar-refractivity contribution in [2.24, 2.45) is 0 Å². The number of nitrogens with one attached hydrogen (secondary N) is 1. The summed E-state index contributed by atoms with van der Waals surface area (Å²) in [7, 11) is -4.08. The van der Waals surface area contributed by atoms with Crippen LogP contribution >= 0.6 is 11.8 Å². The molecule has 41 heavy (non-hydrogen) atoms. The van der Waals surface area contributed by atoms with Crippen LogP contribution in [0, 0.1) is 6.92 Å². The third-order valence-corrected chi connectivity index (χ3v) is 9.10. The highest BCUT2D eigenvalue weighted by atomic mass is 32.2. The summed E-state index contributed by atoms with van der Waals surface area (Å²) >= 11 is 1.49. The number of benzene rings is 4. The summed E-state index contributed by atoms with van der Waals surface area (Å²) in [5.74, 6) is -1.14. The minimum absolute atomic E-state index is 0.0178. The maximum atomic E-state index is 14.2. The smallest absolute Gasteiger partial charge is 0.326 e. The molecule has 0 radical (unpaired) electrons. The Bertz CT molecular complexity index is 1610. The van der Waals surface area contributed by atoms with Gasteiger partial charge in [0.15, 0.2) is 0 Å². The number of nitrogens with zero attached hydrogens (tertiary/aromatic N) is 1. The number of carboxylic acid groups (broad SMARTS) is 1. The summed E-state index contributed by atoms with van der Waals surface area (Å²) in [6, 6.07) is 28.9. The average Bonchev–Trinajstić information content (AvgIpc) is 2.98. The first-order valence-electron chi connectivity index (χ1n) is 13.1. The quantitative estimate of drug-likeness (QED) is 0.211. The van der Waals surface area contributed by atoms with Crippen molar-refractivity contribution in [3.63, 3.8) is 0 Å². The standard InChI is InChI=1S/C32H32N2O5S2/c1-23-11-9-10-16-27(23)29-21-26(17-18-28(29)31(35)33-30(32(36)37)19-20-40-2)41(38,39)34(25-14-7-4-8-15-25)22-24-12-5-3-6-13-24/h3-18,21,30H,19-20,22H2,1-2H3,(H,33,35)(H,36,37)/t30-/m0/s1. The van der Waals surface area contributed by atoms with Crippen molar-refractivity contribution in [3.8, 4) is 11.1 Å². The Morgan fingerprint density at radius 1 is 0.878 bits per heavy atom. The molecule has 0 aliphatic heterocycles. The summed E-state index contributed by atoms with van der Waals surface area (Å²) in [6.45, 7) is 1.99. The number of carbonyl (C=O) groups excluding carboxylic acids is 1. The lowest BCUT2D eigenvalue weighted by Gasteiger charge is -2.25. The maximum Gasteiger partial charge on any atom is 0.326 e. The van der Waals surface area contributed by atoms with Crippen LogP contribution in [0.5, 0.6) is 0 Å². The van der Waals surface area contributed by atoms with E-state index in [9.17, 15) is 23.1 Å². The molecule has 0 aromatic heterocycles. The van der Waals surface area contributed by atoms with Crippen LogP contribution in [-0.2, 0) is 21.4 Å². The Morgan fingerprint density at radius 3 is 2.15 bits per heavy atom. The predicted molar refractivity (Wildman–Crippen MR) is 165 cm³/mol. The fraction of sp³-hybridized carbons (Fsp3) is 0.188. The highest BCUT2D eigenvalue weighted by Gasteiger charge is 2.28. The monoisotopic (exact) mass is 588 g/mol. The van der Waals surface area contributed by atoms with E-state index in [4.69, 9.17) is 0 Å². The van der Waals surface area contributed by atoms with Gasteiger partial charge in [-0.3, -0.25) is 9.10 Å². The van der Waals surface area contributed by atoms with Gasteiger partial charge < -0.3 is 10.4 Å². The van der Waals surface area contributed by atoms with Crippen LogP contribution in [0.4, 0.5) is 5.69 Å². The number of carboxylic acids is 1. The first kappa shape index (κ1) is 29.9. The highest BCUT2D eigenvalue weighted by molar-refractivity contribution is 7.98. The lowest BCUT2D eigenvalue weighted by Crippen LogP contribution is -2.41. The Labute approximate surface area is 245 Å². The zero-order valence-electron chi connectivity index (χ0n) is 22.9. The van der Waals surface area contributed by atoms with E-state index in [2.05, 4.69) is 5.32 Å². The number of para-hydroxylation sites is 1. The second kappa shape index (κ2) is 13.5. The normalized spacial score (nSPS) is 12.0. The molecule has 0 aliphatic rings. The predicted octanol–water partition coefficient (Wildman–Crippen LogP) is 5.99. The molecule has 9 heteroatoms. The van der Waals surface area contributed by atoms with Crippen LogP contribution in [0.1, 0.15) is 27.9 Å². The summed E-state index contributed by atoms with van der Waals surface area (Å²) in [5.41, 5.74) is 3.46. The minimum atomic E-state index is -4.08. The number of thioether (sulfide) groups is 1. The molecule has 0 bridgehead atoms. The molecule has 2 N–H and O–H groups in total. The third-order valence-electron chi connectivity index (χ3n) is 6.69. The molecule has 0 fully saturated rings. The molecule has 4 rings (SSSR count). The molecule has 0 saturated heterocycles. The Hall–Kier alpha value is -4.08. The zero-order valence-corrected chi connectivity index (χ0v) is 24.5. The van der Waals surface area contributed by atoms with E-state index >= 15 is 0 Å². The molecule has 0 spiro atoms. The number of amides is 1. The molecule has 4 aromatic carbocycles. The lowest BCUT2D eigenvalue weighted by atomic mass is 9.95. The third kappa shape index (κ3) is 7.17. The van der Waals surface area contributed by atoms with Crippen molar-refractivity contribution in [1.29, 1.82) is 0 Å². The minimum Gasteiger partial charge on any atom is -0.480 e. The molecule has 4 aromatic rings. The fourth-order valence-corrected chi connectivity index (χ4v) is 6.45. The van der Waals surface area contributed by atoms with Gasteiger partial charge in [0.25, 0.3) is 15.9 Å². The number of anilines is 1. The Kier molecular flexibility index (Phi) is 9.86. The van der Waals surface area contributed by atoms with Crippen molar-refractivity contribution in [2.45, 2.75) is 30.8 Å². The van der Waals surface area contributed by atoms with Gasteiger partial charge in [-0.2, -0.15) is 11.8 Å². The number of carbonyl (C=O) groups is 2. The van der Waals surface area contributed by atoms with Gasteiger partial charge in [-0.15, -0.1) is 0 Å². The van der Waals surface area contributed by atoms with Crippen LogP contribution in [0.3, 0.4) is 0 Å². The average molecular weight is 589 g/mol. The first-order chi connectivity index (χ1) is 19.7. The molecular weight excluding hydrogens is 556 g/mol. The first-order valence-corrected chi connectivity index (χ1v) is 15.9. The van der Waals surface area contributed by atoms with Crippen molar-refractivity contribution < 1.29 is 23.1 Å². The number of hydrogen-bond acceptors (Lipinski definition) is 5. The van der Waals surface area contributed by atoms with Gasteiger partial charge in [0, 0.05) is 5.56 Å². The second-order valence-corrected chi connectivity index (χ2v) is 12.3. The van der Waals surface area contributed by atoms with Crippen LogP contribution < -0.4 is 9.62 Å². The largest absolute Gasteiger partial charge is 0.480 e. The zero-order chi connectivity index (χ0) is 29.4. The molecule has 0 unspecified atom stereocenters. The van der Waals surface area contributed by atoms with E-state index in [1.807, 2.05) is 73.8 Å². The van der Waals surface area contributed by atoms with E-state index in [-0.39, 0.29) is 23.4 Å². The van der Waals surface area contributed by atoms with E-state index in [0.29, 0.717) is 22.6 Å². The number of aliphatic carboxylic acids is 1. The molecule has 0 saturated carbocycles. The summed E-state index contributed by atoms with van der Waals surface area (Å²) < 4.78 is 29.8. The van der Waals surface area contributed by atoms with Gasteiger partial charge in [-0.1, -0.05) is 72.8 Å². The fourth-order valence-electron chi connectivity index (χ4n) is 4.49. The summed E-state index contributed by atoms with van der Waals surface area (Å²) in [6.07, 6.45) is 2.13. The van der Waals surface area contributed by atoms with E-state index < -0.39 is 27.9 Å². The molecule has 0 aliphatic carbocycles. The molecule has 0 heterocycles. The Balaban J connectivity index is 1.82. The van der Waals surface area contributed by atoms with Gasteiger partial charge in [-0.05, 0) is 77.9 Å². The maximum absolute atomic E-state index is 14.2. The van der Waals surface area contributed by atoms with Crippen molar-refractivity contribution in [2.75, 3.05) is 16.3 Å². The number of sulfonamides is 1. The number of aryl methyl sites for hydroxylation is 1. The van der Waals surface area contributed by atoms with Crippen LogP contribution in [0.15, 0.2) is 108 Å². The van der Waals surface area contributed by atoms with Crippen molar-refractivity contribution >= 4 is 39.3 Å². The molecule has 7 nitrogen and oxygen atoms in total. The number of hydrogen-bond donors (Lipinski definition) is 2. The van der Waals surface area contributed by atoms with Gasteiger partial charge in [0.1, 0.15) is 6.04 Å². The summed E-state index contributed by atoms with van der Waals surface area (Å²) in [5, 5.41) is 12.3. The topological polar surface area (TPSA) is 104 Å². The van der Waals surface area contributed by atoms with Gasteiger partial charge in [0.05, 0.1) is 17.1 Å². The van der Waals surface area contributed by atoms with Crippen LogP contribution in [0.2, 0.25) is 0 Å². The lowest BCUT2D eigenvalue weighted by molar-refractivity contribution is -0.139. The molecule has 212 valence electrons. The van der Waals surface area contributed by atoms with Crippen LogP contribution in [-0.4, -0.2) is 43.5 Å². The van der Waals surface area contributed by atoms with E-state index in [1.165, 1.54) is 34.3 Å². The highest BCUT2D eigenvalue weighted by Crippen LogP contribution is 2.32. The molecule has 1 atom stereocenters. The summed E-state index contributed by atoms with van der Waals surface area (Å²) in [4.78, 5) is 25.3. The van der Waals surface area contributed by atoms with Gasteiger partial charge >= 0.3 is 5.97 Å². The molecule has 1 amide bonds. The molecular formula is C32H32N2O5S2. The number of rotatable bonds is 12. The van der Waals surface area contributed by atoms with Gasteiger partial charge in [-0.25, -0.2) is 13.2 Å². The SMILES string of the molecule is CSCC[C@H](NC(=O)c1ccc(S(=O)(=O)N(Cc2ccccc2)c2ccccc2)cc1-c1ccccc1C)C(=O)O. The van der Waals surface area contributed by atoms with Crippen LogP contribution in [0.25, 0.3) is 11.1 Å². The van der Waals surface area contributed by atoms with E-state index in [0.717, 1.165) is 11.1 Å². The van der Waals surface area contributed by atoms with Crippen molar-refractivity contribution in [3.05, 3.63) is 120 Å².